The number of nitrogens with zero attached hydrogens (tertiary/aromatic N) is 8. The minimum absolute atomic E-state index is 0.00260. The first-order valence-corrected chi connectivity index (χ1v) is 22.1. The molecule has 1 amide bonds. The third kappa shape index (κ3) is 17.8. The molecule has 0 bridgehead atoms. The molecule has 71 heavy (non-hydrogen) atoms. The second-order valence-electron chi connectivity index (χ2n) is 15.0. The van der Waals surface area contributed by atoms with Crippen LogP contribution in [-0.2, 0) is 13.1 Å². The largest absolute Gasteiger partial charge is 0.454 e. The van der Waals surface area contributed by atoms with Gasteiger partial charge in [-0.05, 0) is 102 Å². The average molecular weight is 1050 g/mol. The highest BCUT2D eigenvalue weighted by Gasteiger charge is 2.30. The number of hydrogen-bond acceptors (Lipinski definition) is 15. The van der Waals surface area contributed by atoms with E-state index in [1.807, 2.05) is 0 Å². The number of benzene rings is 4. The topological polar surface area (TPSA) is 234 Å². The van der Waals surface area contributed by atoms with Gasteiger partial charge in [0.2, 0.25) is 23.8 Å². The first-order valence-electron chi connectivity index (χ1n) is 20.9. The highest BCUT2D eigenvalue weighted by molar-refractivity contribution is 6.67. The number of alkyl halides is 6. The van der Waals surface area contributed by atoms with Gasteiger partial charge in [0.15, 0.2) is 19.2 Å². The van der Waals surface area contributed by atoms with E-state index in [0.29, 0.717) is 59.6 Å². The van der Waals surface area contributed by atoms with E-state index >= 15 is 0 Å². The lowest BCUT2D eigenvalue weighted by Crippen LogP contribution is -2.40. The van der Waals surface area contributed by atoms with Crippen molar-refractivity contribution in [2.75, 3.05) is 60.7 Å². The molecule has 4 aromatic carbocycles. The Hall–Kier alpha value is -7.44. The average Bonchev–Trinajstić information content (AvgIpc) is 3.59. The number of rotatable bonds is 16. The third-order valence-corrected chi connectivity index (χ3v) is 10.3. The van der Waals surface area contributed by atoms with Crippen LogP contribution in [0.4, 0.5) is 61.5 Å². The number of nitrogens with two attached hydrogens (primary N) is 1. The fourth-order valence-corrected chi connectivity index (χ4v) is 6.53. The van der Waals surface area contributed by atoms with Gasteiger partial charge in [-0.15, -0.1) is 0 Å². The van der Waals surface area contributed by atoms with Crippen LogP contribution in [0.2, 0.25) is 10.0 Å². The van der Waals surface area contributed by atoms with Crippen LogP contribution < -0.4 is 36.5 Å². The standard InChI is InChI=1S/C25H27ClF3N9O2.C19H14Cl2F3N5O2/c26-18-6-2-16(3-7-18)14-32-22-34-23(36-24(35-22)40-15-25(27,28)29)33-19-8-4-17(5-9-19)20(39)37-10-1-11-38(13-12-37)21(30)31;20-13-5-1-11(2-6-13)9-25-16-27-17(29-18(28-16)31-10-19(22,23)24)26-14-7-3-12(4-8-14)15(21)30/h2-9H,1,10-15H2,(H3,30,31)(H2,32,33,34,35,36);1-8H,9-10H2,(H2,25,26,27,28,29). The number of carbonyl (C=O) groups excluding carboxylic acids is 2. The predicted molar refractivity (Wildman–Crippen MR) is 254 cm³/mol. The Balaban J connectivity index is 0.000000240. The number of halogens is 9. The summed E-state index contributed by atoms with van der Waals surface area (Å²) in [6, 6.07) is 25.4. The van der Waals surface area contributed by atoms with Crippen LogP contribution in [0.1, 0.15) is 38.3 Å². The van der Waals surface area contributed by atoms with Crippen LogP contribution in [0.5, 0.6) is 12.0 Å². The number of carbonyl (C=O) groups is 2. The number of amides is 1. The van der Waals surface area contributed by atoms with Crippen LogP contribution in [0.3, 0.4) is 0 Å². The summed E-state index contributed by atoms with van der Waals surface area (Å²) >= 11 is 17.2. The van der Waals surface area contributed by atoms with Gasteiger partial charge in [-0.3, -0.25) is 15.0 Å². The maximum atomic E-state index is 13.0. The molecular formula is C44H41Cl3F6N14O4. The van der Waals surface area contributed by atoms with Crippen molar-refractivity contribution in [3.63, 3.8) is 0 Å². The Labute approximate surface area is 415 Å². The number of hydrogen-bond donors (Lipinski definition) is 6. The minimum Gasteiger partial charge on any atom is -0.454 e. The Kier molecular flexibility index (Phi) is 18.2. The third-order valence-electron chi connectivity index (χ3n) is 9.57. The molecule has 18 nitrogen and oxygen atoms in total. The smallest absolute Gasteiger partial charge is 0.422 e. The van der Waals surface area contributed by atoms with Crippen LogP contribution in [0, 0.1) is 5.41 Å². The van der Waals surface area contributed by atoms with E-state index in [9.17, 15) is 35.9 Å². The maximum absolute atomic E-state index is 13.0. The van der Waals surface area contributed by atoms with E-state index < -0.39 is 42.8 Å². The molecular weight excluding hydrogens is 1010 g/mol. The van der Waals surface area contributed by atoms with E-state index in [0.717, 1.165) is 11.1 Å². The van der Waals surface area contributed by atoms with Crippen LogP contribution in [0.25, 0.3) is 0 Å². The van der Waals surface area contributed by atoms with E-state index in [4.69, 9.17) is 50.7 Å². The number of nitrogens with one attached hydrogen (secondary N) is 5. The molecule has 1 aliphatic heterocycles. The maximum Gasteiger partial charge on any atom is 0.422 e. The zero-order valence-corrected chi connectivity index (χ0v) is 39.1. The van der Waals surface area contributed by atoms with Crippen molar-refractivity contribution in [1.82, 2.24) is 39.7 Å². The summed E-state index contributed by atoms with van der Waals surface area (Å²) in [7, 11) is 0. The van der Waals surface area contributed by atoms with Crippen molar-refractivity contribution in [3.05, 3.63) is 129 Å². The second-order valence-corrected chi connectivity index (χ2v) is 16.2. The quantitative estimate of drug-likeness (QED) is 0.0230. The van der Waals surface area contributed by atoms with Crippen LogP contribution >= 0.6 is 34.8 Å². The molecule has 374 valence electrons. The van der Waals surface area contributed by atoms with Crippen molar-refractivity contribution >= 4 is 87.1 Å². The number of aromatic nitrogens is 6. The fourth-order valence-electron chi connectivity index (χ4n) is 6.15. The van der Waals surface area contributed by atoms with Gasteiger partial charge in [-0.2, -0.15) is 56.2 Å². The lowest BCUT2D eigenvalue weighted by molar-refractivity contribution is -0.155. The SMILES string of the molecule is N=C(N)N1CCCN(C(=O)c2ccc(Nc3nc(NCc4ccc(Cl)cc4)nc(OCC(F)(F)F)n3)cc2)CC1.O=C(Cl)c1ccc(Nc2nc(NCc3ccc(Cl)cc3)nc(OCC(F)(F)F)n2)cc1. The van der Waals surface area contributed by atoms with Gasteiger partial charge in [0.25, 0.3) is 11.1 Å². The molecule has 0 unspecified atom stereocenters. The number of ether oxygens (including phenoxy) is 2. The highest BCUT2D eigenvalue weighted by Crippen LogP contribution is 2.24. The van der Waals surface area contributed by atoms with Crippen LogP contribution in [0.15, 0.2) is 97.1 Å². The van der Waals surface area contributed by atoms with E-state index in [-0.39, 0.29) is 54.3 Å². The van der Waals surface area contributed by atoms with Crippen molar-refractivity contribution in [2.45, 2.75) is 31.9 Å². The first kappa shape index (κ1) is 52.9. The molecule has 0 radical (unpaired) electrons. The Morgan fingerprint density at radius 1 is 0.577 bits per heavy atom. The molecule has 2 aromatic heterocycles. The molecule has 6 aromatic rings. The predicted octanol–water partition coefficient (Wildman–Crippen LogP) is 9.06. The van der Waals surface area contributed by atoms with Gasteiger partial charge in [0.05, 0.1) is 0 Å². The van der Waals surface area contributed by atoms with Gasteiger partial charge >= 0.3 is 24.4 Å². The zero-order valence-electron chi connectivity index (χ0n) is 36.8. The molecule has 27 heteroatoms. The molecule has 0 atom stereocenters. The van der Waals surface area contributed by atoms with Crippen molar-refractivity contribution in [1.29, 1.82) is 5.41 Å². The van der Waals surface area contributed by atoms with Gasteiger partial charge in [0, 0.05) is 71.8 Å². The summed E-state index contributed by atoms with van der Waals surface area (Å²) in [5, 5.41) is 19.7. The normalized spacial score (nSPS) is 12.7. The summed E-state index contributed by atoms with van der Waals surface area (Å²) in [5.41, 5.74) is 8.96. The summed E-state index contributed by atoms with van der Waals surface area (Å²) in [5.74, 6) is -0.293. The molecule has 0 saturated carbocycles. The monoisotopic (exact) mass is 1050 g/mol. The van der Waals surface area contributed by atoms with Crippen molar-refractivity contribution in [3.8, 4) is 12.0 Å². The van der Waals surface area contributed by atoms with Gasteiger partial charge in [0.1, 0.15) is 0 Å². The highest BCUT2D eigenvalue weighted by atomic mass is 35.5. The van der Waals surface area contributed by atoms with Gasteiger partial charge < -0.3 is 46.3 Å². The Morgan fingerprint density at radius 3 is 1.38 bits per heavy atom. The summed E-state index contributed by atoms with van der Waals surface area (Å²) < 4.78 is 85.1. The van der Waals surface area contributed by atoms with Crippen molar-refractivity contribution < 1.29 is 45.4 Å². The van der Waals surface area contributed by atoms with Crippen LogP contribution in [-0.4, -0.2) is 109 Å². The zero-order chi connectivity index (χ0) is 51.1. The van der Waals surface area contributed by atoms with Gasteiger partial charge in [-0.1, -0.05) is 47.5 Å². The molecule has 0 spiro atoms. The minimum atomic E-state index is -4.57. The Morgan fingerprint density at radius 2 is 0.972 bits per heavy atom. The molecule has 1 saturated heterocycles. The lowest BCUT2D eigenvalue weighted by Gasteiger charge is -2.22. The molecule has 3 heterocycles. The molecule has 1 aliphatic rings. The second kappa shape index (κ2) is 24.4. The Bertz CT molecular complexity index is 2750. The van der Waals surface area contributed by atoms with Crippen molar-refractivity contribution in [2.24, 2.45) is 5.73 Å². The number of anilines is 6. The molecule has 7 N–H and O–H groups in total. The molecule has 7 rings (SSSR count). The molecule has 1 fully saturated rings. The summed E-state index contributed by atoms with van der Waals surface area (Å²) in [6.07, 6.45) is -8.43. The lowest BCUT2D eigenvalue weighted by atomic mass is 10.1. The molecule has 0 aliphatic carbocycles. The first-order chi connectivity index (χ1) is 33.7. The van der Waals surface area contributed by atoms with Gasteiger partial charge in [-0.25, -0.2) is 0 Å². The summed E-state index contributed by atoms with van der Waals surface area (Å²) in [6.45, 7) is -0.491. The van der Waals surface area contributed by atoms with E-state index in [1.54, 1.807) is 82.6 Å². The van der Waals surface area contributed by atoms with E-state index in [2.05, 4.69) is 55.9 Å². The number of guanidine groups is 1. The van der Waals surface area contributed by atoms with E-state index in [1.165, 1.54) is 24.3 Å². The summed E-state index contributed by atoms with van der Waals surface area (Å²) in [4.78, 5) is 51.5. The fraction of sp³-hybridized carbons (Fsp3) is 0.250.